The van der Waals surface area contributed by atoms with Crippen LogP contribution in [0.5, 0.6) is 0 Å². The number of carbonyl (C=O) groups is 3. The molecule has 136 valence electrons. The minimum atomic E-state index is -0.739. The van der Waals surface area contributed by atoms with Gasteiger partial charge in [0.2, 0.25) is 11.8 Å². The van der Waals surface area contributed by atoms with Gasteiger partial charge in [0.15, 0.2) is 0 Å². The summed E-state index contributed by atoms with van der Waals surface area (Å²) in [5.41, 5.74) is 1.37. The molecule has 26 heavy (non-hydrogen) atoms. The minimum absolute atomic E-state index is 0.182. The second-order valence-electron chi connectivity index (χ2n) is 5.49. The highest BCUT2D eigenvalue weighted by Crippen LogP contribution is 2.15. The van der Waals surface area contributed by atoms with Gasteiger partial charge in [-0.05, 0) is 24.6 Å². The summed E-state index contributed by atoms with van der Waals surface area (Å²) in [5.74, 6) is -0.822. The molecule has 0 saturated heterocycles. The fourth-order valence-corrected chi connectivity index (χ4v) is 2.31. The molecule has 2 aromatic carbocycles. The number of hydrogen-bond donors (Lipinski definition) is 4. The Hall–Kier alpha value is -3.19. The van der Waals surface area contributed by atoms with Crippen LogP contribution >= 0.6 is 0 Å². The zero-order chi connectivity index (χ0) is 18.8. The van der Waals surface area contributed by atoms with Gasteiger partial charge in [-0.1, -0.05) is 48.5 Å². The van der Waals surface area contributed by atoms with Gasteiger partial charge in [-0.25, -0.2) is 4.79 Å². The summed E-state index contributed by atoms with van der Waals surface area (Å²) in [6.07, 6.45) is 0. The predicted molar refractivity (Wildman–Crippen MR) is 99.5 cm³/mol. The van der Waals surface area contributed by atoms with Crippen molar-refractivity contribution in [1.29, 1.82) is 0 Å². The second-order valence-corrected chi connectivity index (χ2v) is 5.49. The molecule has 4 N–H and O–H groups in total. The minimum Gasteiger partial charge on any atom is -0.338 e. The average molecular weight is 354 g/mol. The largest absolute Gasteiger partial charge is 0.338 e. The molecule has 1 atom stereocenters. The molecule has 0 saturated carbocycles. The van der Waals surface area contributed by atoms with Crippen LogP contribution in [0, 0.1) is 0 Å². The van der Waals surface area contributed by atoms with Gasteiger partial charge in [0, 0.05) is 12.2 Å². The van der Waals surface area contributed by atoms with Crippen molar-refractivity contribution in [2.24, 2.45) is 0 Å². The first-order valence-electron chi connectivity index (χ1n) is 8.32. The fourth-order valence-electron chi connectivity index (χ4n) is 2.31. The third kappa shape index (κ3) is 6.03. The summed E-state index contributed by atoms with van der Waals surface area (Å²) in [4.78, 5) is 35.9. The monoisotopic (exact) mass is 354 g/mol. The summed E-state index contributed by atoms with van der Waals surface area (Å²) >= 11 is 0. The second kappa shape index (κ2) is 9.95. The van der Waals surface area contributed by atoms with Crippen molar-refractivity contribution >= 4 is 23.5 Å². The van der Waals surface area contributed by atoms with Gasteiger partial charge in [-0.3, -0.25) is 20.2 Å². The quantitative estimate of drug-likeness (QED) is 0.609. The Morgan fingerprint density at radius 3 is 2.15 bits per heavy atom. The van der Waals surface area contributed by atoms with E-state index in [1.807, 2.05) is 36.4 Å². The Morgan fingerprint density at radius 2 is 1.54 bits per heavy atom. The number of amides is 4. The van der Waals surface area contributed by atoms with E-state index < -0.39 is 18.0 Å². The molecule has 7 nitrogen and oxygen atoms in total. The Bertz CT molecular complexity index is 735. The lowest BCUT2D eigenvalue weighted by Crippen LogP contribution is -2.45. The molecule has 2 rings (SSSR count). The molecule has 7 heteroatoms. The first-order chi connectivity index (χ1) is 12.6. The zero-order valence-electron chi connectivity index (χ0n) is 14.5. The van der Waals surface area contributed by atoms with Crippen LogP contribution in [0.15, 0.2) is 60.7 Å². The molecule has 1 unspecified atom stereocenters. The topological polar surface area (TPSA) is 99.3 Å². The van der Waals surface area contributed by atoms with Crippen molar-refractivity contribution in [2.45, 2.75) is 13.0 Å². The average Bonchev–Trinajstić information content (AvgIpc) is 2.63. The summed E-state index contributed by atoms with van der Waals surface area (Å²) in [5, 5.41) is 10.4. The van der Waals surface area contributed by atoms with Crippen molar-refractivity contribution in [1.82, 2.24) is 16.0 Å². The highest BCUT2D eigenvalue weighted by atomic mass is 16.2. The Balaban J connectivity index is 2.03. The van der Waals surface area contributed by atoms with Gasteiger partial charge in [0.25, 0.3) is 0 Å². The SMILES string of the molecule is CCNC(=O)NC(=O)CNC(C(=O)Nc1ccccc1)c1ccccc1. The molecule has 0 radical (unpaired) electrons. The van der Waals surface area contributed by atoms with Crippen LogP contribution in [0.25, 0.3) is 0 Å². The van der Waals surface area contributed by atoms with Gasteiger partial charge in [0.05, 0.1) is 6.54 Å². The van der Waals surface area contributed by atoms with Crippen LogP contribution in [-0.4, -0.2) is 30.9 Å². The van der Waals surface area contributed by atoms with Gasteiger partial charge < -0.3 is 10.6 Å². The molecule has 0 heterocycles. The molecular weight excluding hydrogens is 332 g/mol. The highest BCUT2D eigenvalue weighted by Gasteiger charge is 2.21. The lowest BCUT2D eigenvalue weighted by Gasteiger charge is -2.18. The van der Waals surface area contributed by atoms with Crippen LogP contribution in [0.2, 0.25) is 0 Å². The molecule has 0 aliphatic rings. The maximum Gasteiger partial charge on any atom is 0.321 e. The smallest absolute Gasteiger partial charge is 0.321 e. The van der Waals surface area contributed by atoms with E-state index >= 15 is 0 Å². The fraction of sp³-hybridized carbons (Fsp3) is 0.211. The van der Waals surface area contributed by atoms with Crippen molar-refractivity contribution in [3.8, 4) is 0 Å². The Kier molecular flexibility index (Phi) is 7.32. The summed E-state index contributed by atoms with van der Waals surface area (Å²) in [6.45, 7) is 1.99. The standard InChI is InChI=1S/C19H22N4O3/c1-2-20-19(26)23-16(24)13-21-17(14-9-5-3-6-10-14)18(25)22-15-11-7-4-8-12-15/h3-12,17,21H,2,13H2,1H3,(H,22,25)(H2,20,23,24,26). The van der Waals surface area contributed by atoms with E-state index in [9.17, 15) is 14.4 Å². The molecule has 0 aliphatic heterocycles. The van der Waals surface area contributed by atoms with Gasteiger partial charge >= 0.3 is 6.03 Å². The number of rotatable bonds is 7. The van der Waals surface area contributed by atoms with Crippen LogP contribution in [0.3, 0.4) is 0 Å². The van der Waals surface area contributed by atoms with Crippen LogP contribution in [0.4, 0.5) is 10.5 Å². The van der Waals surface area contributed by atoms with Crippen LogP contribution in [0.1, 0.15) is 18.5 Å². The molecule has 0 spiro atoms. The van der Waals surface area contributed by atoms with E-state index in [2.05, 4.69) is 21.3 Å². The van der Waals surface area contributed by atoms with Gasteiger partial charge in [-0.15, -0.1) is 0 Å². The first kappa shape index (κ1) is 19.1. The maximum absolute atomic E-state index is 12.7. The molecule has 4 amide bonds. The van der Waals surface area contributed by atoms with E-state index in [0.29, 0.717) is 17.8 Å². The number of anilines is 1. The lowest BCUT2D eigenvalue weighted by molar-refractivity contribution is -0.120. The van der Waals surface area contributed by atoms with Crippen LogP contribution < -0.4 is 21.3 Å². The number of urea groups is 1. The van der Waals surface area contributed by atoms with E-state index in [4.69, 9.17) is 0 Å². The van der Waals surface area contributed by atoms with Crippen LogP contribution in [-0.2, 0) is 9.59 Å². The summed E-state index contributed by atoms with van der Waals surface area (Å²) in [6, 6.07) is 16.8. The summed E-state index contributed by atoms with van der Waals surface area (Å²) < 4.78 is 0. The van der Waals surface area contributed by atoms with E-state index in [1.165, 1.54) is 0 Å². The molecule has 0 fully saturated rings. The molecule has 2 aromatic rings. The Labute approximate surface area is 152 Å². The molecule has 0 bridgehead atoms. The number of carbonyl (C=O) groups excluding carboxylic acids is 3. The number of para-hydroxylation sites is 1. The third-order valence-corrected chi connectivity index (χ3v) is 3.49. The molecule has 0 aromatic heterocycles. The van der Waals surface area contributed by atoms with Gasteiger partial charge in [0.1, 0.15) is 6.04 Å². The van der Waals surface area contributed by atoms with Crippen molar-refractivity contribution in [3.05, 3.63) is 66.2 Å². The summed E-state index contributed by atoms with van der Waals surface area (Å²) in [7, 11) is 0. The van der Waals surface area contributed by atoms with E-state index in [0.717, 1.165) is 0 Å². The number of imide groups is 1. The van der Waals surface area contributed by atoms with Crippen molar-refractivity contribution < 1.29 is 14.4 Å². The number of nitrogens with one attached hydrogen (secondary N) is 4. The number of benzene rings is 2. The number of hydrogen-bond acceptors (Lipinski definition) is 4. The highest BCUT2D eigenvalue weighted by molar-refractivity contribution is 5.97. The predicted octanol–water partition coefficient (Wildman–Crippen LogP) is 1.80. The normalized spacial score (nSPS) is 11.3. The van der Waals surface area contributed by atoms with Crippen molar-refractivity contribution in [2.75, 3.05) is 18.4 Å². The Morgan fingerprint density at radius 1 is 0.923 bits per heavy atom. The van der Waals surface area contributed by atoms with Crippen molar-refractivity contribution in [3.63, 3.8) is 0 Å². The lowest BCUT2D eigenvalue weighted by atomic mass is 10.1. The molecular formula is C19H22N4O3. The third-order valence-electron chi connectivity index (χ3n) is 3.49. The first-order valence-corrected chi connectivity index (χ1v) is 8.32. The zero-order valence-corrected chi connectivity index (χ0v) is 14.5. The molecule has 0 aliphatic carbocycles. The van der Waals surface area contributed by atoms with Gasteiger partial charge in [-0.2, -0.15) is 0 Å². The van der Waals surface area contributed by atoms with E-state index in [1.54, 1.807) is 31.2 Å². The maximum atomic E-state index is 12.7. The van der Waals surface area contributed by atoms with E-state index in [-0.39, 0.29) is 12.5 Å².